The number of esters is 1. The van der Waals surface area contributed by atoms with Crippen LogP contribution in [0.3, 0.4) is 0 Å². The molecular weight excluding hydrogens is 506 g/mol. The number of aromatic nitrogens is 3. The number of carbonyl (C=O) groups is 3. The SMILES string of the molecule is CC(C)[C@H](CO)N1C(=O)[C@@H]2[C@@H]3C(=O)OCCC=C[C@@H]3S[C@@]23C=CCN(Cn2nnc4ccccc42)C(=O)C13. The number of aliphatic hydroxyl groups is 1. The summed E-state index contributed by atoms with van der Waals surface area (Å²) in [5.41, 5.74) is 1.53. The van der Waals surface area contributed by atoms with Gasteiger partial charge in [-0.25, -0.2) is 4.68 Å². The normalized spacial score (nSPS) is 31.6. The number of nitrogens with zero attached hydrogens (tertiary/aromatic N) is 5. The molecule has 0 saturated carbocycles. The standard InChI is InChI=1S/C27H31N5O5S/c1-16(2)19(14-33)32-23-25(35)30(15-31-18-9-4-3-8-17(18)28-29-31)12-7-11-27(23)22(24(32)34)21-20(38-27)10-5-6-13-37-26(21)36/h3-5,7-11,16,19-23,33H,6,12-15H2,1-2H3/t19-,20-,21+,22-,23?,27-/m0/s1. The molecule has 1 unspecified atom stereocenters. The van der Waals surface area contributed by atoms with Crippen molar-refractivity contribution in [1.29, 1.82) is 0 Å². The van der Waals surface area contributed by atoms with Crippen LogP contribution in [0.2, 0.25) is 0 Å². The lowest BCUT2D eigenvalue weighted by Gasteiger charge is -2.39. The molecule has 1 aromatic heterocycles. The fourth-order valence-electron chi connectivity index (χ4n) is 6.38. The summed E-state index contributed by atoms with van der Waals surface area (Å²) in [6.45, 7) is 4.32. The van der Waals surface area contributed by atoms with E-state index in [1.165, 1.54) is 11.8 Å². The van der Waals surface area contributed by atoms with Gasteiger partial charge in [0.25, 0.3) is 0 Å². The first-order chi connectivity index (χ1) is 18.4. The number of ether oxygens (including phenoxy) is 1. The van der Waals surface area contributed by atoms with Crippen LogP contribution < -0.4 is 0 Å². The number of likely N-dealkylation sites (tertiary alicyclic amines) is 1. The number of aliphatic hydroxyl groups excluding tert-OH is 1. The Balaban J connectivity index is 1.44. The molecule has 5 heterocycles. The number of benzene rings is 1. The molecule has 4 aliphatic rings. The smallest absolute Gasteiger partial charge is 0.311 e. The summed E-state index contributed by atoms with van der Waals surface area (Å²) in [7, 11) is 0. The Morgan fingerprint density at radius 3 is 2.79 bits per heavy atom. The van der Waals surface area contributed by atoms with E-state index in [9.17, 15) is 19.5 Å². The molecule has 1 N–H and O–H groups in total. The lowest BCUT2D eigenvalue weighted by molar-refractivity contribution is -0.154. The first-order valence-electron chi connectivity index (χ1n) is 13.1. The fraction of sp³-hybridized carbons (Fsp3) is 0.519. The third-order valence-electron chi connectivity index (χ3n) is 8.18. The summed E-state index contributed by atoms with van der Waals surface area (Å²) in [6, 6.07) is 6.09. The molecule has 1 spiro atoms. The van der Waals surface area contributed by atoms with Crippen molar-refractivity contribution >= 4 is 40.6 Å². The molecule has 0 radical (unpaired) electrons. The number of para-hydroxylation sites is 1. The highest BCUT2D eigenvalue weighted by Crippen LogP contribution is 2.61. The number of hydrogen-bond acceptors (Lipinski definition) is 8. The molecule has 200 valence electrons. The maximum atomic E-state index is 14.4. The quantitative estimate of drug-likeness (QED) is 0.452. The Kier molecular flexibility index (Phi) is 6.30. The summed E-state index contributed by atoms with van der Waals surface area (Å²) in [5, 5.41) is 18.6. The minimum atomic E-state index is -0.960. The third-order valence-corrected chi connectivity index (χ3v) is 9.92. The topological polar surface area (TPSA) is 118 Å². The molecule has 6 rings (SSSR count). The van der Waals surface area contributed by atoms with Crippen LogP contribution in [0, 0.1) is 17.8 Å². The predicted octanol–water partition coefficient (Wildman–Crippen LogP) is 1.60. The average molecular weight is 538 g/mol. The van der Waals surface area contributed by atoms with Crippen LogP contribution in [0.4, 0.5) is 0 Å². The van der Waals surface area contributed by atoms with Gasteiger partial charge in [0.05, 0.1) is 41.4 Å². The van der Waals surface area contributed by atoms with Crippen LogP contribution in [-0.4, -0.2) is 89.5 Å². The predicted molar refractivity (Wildman–Crippen MR) is 141 cm³/mol. The summed E-state index contributed by atoms with van der Waals surface area (Å²) >= 11 is 1.50. The lowest BCUT2D eigenvalue weighted by atomic mass is 9.78. The lowest BCUT2D eigenvalue weighted by Crippen LogP contribution is -2.57. The zero-order chi connectivity index (χ0) is 26.6. The molecule has 11 heteroatoms. The average Bonchev–Trinajstić information content (AvgIpc) is 3.48. The van der Waals surface area contributed by atoms with Gasteiger partial charge in [0.15, 0.2) is 0 Å². The van der Waals surface area contributed by atoms with Crippen molar-refractivity contribution in [3.63, 3.8) is 0 Å². The van der Waals surface area contributed by atoms with E-state index < -0.39 is 34.6 Å². The molecule has 1 aromatic carbocycles. The van der Waals surface area contributed by atoms with Crippen molar-refractivity contribution in [2.75, 3.05) is 19.8 Å². The van der Waals surface area contributed by atoms with Gasteiger partial charge >= 0.3 is 5.97 Å². The second-order valence-electron chi connectivity index (χ2n) is 10.6. The molecule has 10 nitrogen and oxygen atoms in total. The molecule has 4 aliphatic heterocycles. The number of fused-ring (bicyclic) bond motifs is 3. The van der Waals surface area contributed by atoms with Crippen LogP contribution in [0.5, 0.6) is 0 Å². The van der Waals surface area contributed by atoms with Gasteiger partial charge in [0, 0.05) is 11.8 Å². The Morgan fingerprint density at radius 1 is 1.18 bits per heavy atom. The summed E-state index contributed by atoms with van der Waals surface area (Å²) < 4.78 is 6.25. The van der Waals surface area contributed by atoms with Crippen LogP contribution >= 0.6 is 11.8 Å². The molecule has 0 bridgehead atoms. The van der Waals surface area contributed by atoms with Crippen molar-refractivity contribution in [2.45, 2.75) is 49.0 Å². The van der Waals surface area contributed by atoms with E-state index in [2.05, 4.69) is 10.3 Å². The molecule has 38 heavy (non-hydrogen) atoms. The van der Waals surface area contributed by atoms with Gasteiger partial charge in [-0.3, -0.25) is 14.4 Å². The molecular formula is C27H31N5O5S. The molecule has 2 aromatic rings. The largest absolute Gasteiger partial charge is 0.465 e. The van der Waals surface area contributed by atoms with Gasteiger partial charge in [-0.1, -0.05) is 55.5 Å². The summed E-state index contributed by atoms with van der Waals surface area (Å²) in [5.74, 6) is -2.48. The number of rotatable bonds is 5. The Bertz CT molecular complexity index is 1340. The van der Waals surface area contributed by atoms with E-state index in [-0.39, 0.29) is 42.9 Å². The van der Waals surface area contributed by atoms with E-state index >= 15 is 0 Å². The highest BCUT2D eigenvalue weighted by Gasteiger charge is 2.71. The maximum Gasteiger partial charge on any atom is 0.311 e. The first kappa shape index (κ1) is 25.1. The van der Waals surface area contributed by atoms with Crippen molar-refractivity contribution in [2.24, 2.45) is 17.8 Å². The van der Waals surface area contributed by atoms with Crippen LogP contribution in [0.1, 0.15) is 20.3 Å². The molecule has 6 atom stereocenters. The summed E-state index contributed by atoms with van der Waals surface area (Å²) in [6.07, 6.45) is 8.48. The van der Waals surface area contributed by atoms with E-state index in [1.54, 1.807) is 14.5 Å². The Hall–Kier alpha value is -3.18. The third kappa shape index (κ3) is 3.70. The molecule has 2 fully saturated rings. The van der Waals surface area contributed by atoms with Gasteiger partial charge in [-0.2, -0.15) is 0 Å². The van der Waals surface area contributed by atoms with Gasteiger partial charge in [-0.05, 0) is 24.5 Å². The zero-order valence-corrected chi connectivity index (χ0v) is 22.2. The van der Waals surface area contributed by atoms with E-state index in [1.807, 2.05) is 62.4 Å². The van der Waals surface area contributed by atoms with Crippen molar-refractivity contribution < 1.29 is 24.2 Å². The number of cyclic esters (lactones) is 1. The number of carbonyl (C=O) groups excluding carboxylic acids is 3. The highest BCUT2D eigenvalue weighted by atomic mass is 32.2. The molecule has 2 saturated heterocycles. The monoisotopic (exact) mass is 537 g/mol. The Morgan fingerprint density at radius 2 is 2.00 bits per heavy atom. The summed E-state index contributed by atoms with van der Waals surface area (Å²) in [4.78, 5) is 45.2. The second-order valence-corrected chi connectivity index (χ2v) is 12.1. The van der Waals surface area contributed by atoms with Gasteiger partial charge in [0.2, 0.25) is 11.8 Å². The van der Waals surface area contributed by atoms with Gasteiger partial charge in [0.1, 0.15) is 18.2 Å². The van der Waals surface area contributed by atoms with Crippen molar-refractivity contribution in [1.82, 2.24) is 24.8 Å². The minimum Gasteiger partial charge on any atom is -0.465 e. The van der Waals surface area contributed by atoms with E-state index in [0.717, 1.165) is 11.0 Å². The zero-order valence-electron chi connectivity index (χ0n) is 21.3. The van der Waals surface area contributed by atoms with Gasteiger partial charge in [-0.15, -0.1) is 16.9 Å². The maximum absolute atomic E-state index is 14.4. The number of hydrogen-bond donors (Lipinski definition) is 1. The van der Waals surface area contributed by atoms with Crippen LogP contribution in [0.15, 0.2) is 48.6 Å². The van der Waals surface area contributed by atoms with Crippen LogP contribution in [0.25, 0.3) is 11.0 Å². The van der Waals surface area contributed by atoms with Gasteiger partial charge < -0.3 is 19.6 Å². The van der Waals surface area contributed by atoms with Crippen LogP contribution in [-0.2, 0) is 25.8 Å². The fourth-order valence-corrected chi connectivity index (χ4v) is 8.37. The van der Waals surface area contributed by atoms with E-state index in [4.69, 9.17) is 4.74 Å². The van der Waals surface area contributed by atoms with E-state index in [0.29, 0.717) is 13.0 Å². The second kappa shape index (κ2) is 9.53. The minimum absolute atomic E-state index is 0.0995. The Labute approximate surface area is 224 Å². The van der Waals surface area contributed by atoms with Crippen molar-refractivity contribution in [3.8, 4) is 0 Å². The molecule has 2 amide bonds. The highest BCUT2D eigenvalue weighted by molar-refractivity contribution is 8.02. The number of amides is 2. The van der Waals surface area contributed by atoms with Crippen molar-refractivity contribution in [3.05, 3.63) is 48.6 Å². The number of thioether (sulfide) groups is 1. The first-order valence-corrected chi connectivity index (χ1v) is 13.9. The molecule has 0 aliphatic carbocycles.